The number of anilines is 2. The van der Waals surface area contributed by atoms with Crippen LogP contribution in [0.15, 0.2) is 48.7 Å². The molecule has 84 valence electrons. The van der Waals surface area contributed by atoms with Crippen molar-refractivity contribution in [3.63, 3.8) is 0 Å². The van der Waals surface area contributed by atoms with Crippen molar-refractivity contribution in [3.05, 3.63) is 54.2 Å². The second kappa shape index (κ2) is 3.90. The molecular weight excluding hydrogens is 214 g/mol. The first-order chi connectivity index (χ1) is 8.36. The molecule has 0 fully saturated rings. The number of hydrogen-bond acceptors (Lipinski definition) is 3. The van der Waals surface area contributed by atoms with Crippen LogP contribution in [0.4, 0.5) is 11.5 Å². The van der Waals surface area contributed by atoms with E-state index in [4.69, 9.17) is 0 Å². The van der Waals surface area contributed by atoms with Crippen molar-refractivity contribution in [2.75, 3.05) is 11.6 Å². The third-order valence-electron chi connectivity index (χ3n) is 2.76. The van der Waals surface area contributed by atoms with Crippen molar-refractivity contribution in [2.45, 2.75) is 0 Å². The summed E-state index contributed by atoms with van der Waals surface area (Å²) in [4.78, 5) is 18.0. The first kappa shape index (κ1) is 9.84. The molecule has 1 aliphatic heterocycles. The molecule has 1 N–H and O–H groups in total. The molecule has 4 heteroatoms. The monoisotopic (exact) mass is 225 g/mol. The highest BCUT2D eigenvalue weighted by atomic mass is 16.2. The molecule has 0 bridgehead atoms. The van der Waals surface area contributed by atoms with Crippen LogP contribution in [0.5, 0.6) is 0 Å². The number of hydrogen-bond donors (Lipinski definition) is 1. The van der Waals surface area contributed by atoms with E-state index in [-0.39, 0.29) is 5.91 Å². The van der Waals surface area contributed by atoms with Gasteiger partial charge in [-0.1, -0.05) is 18.2 Å². The molecule has 1 amide bonds. The van der Waals surface area contributed by atoms with E-state index in [1.54, 1.807) is 6.20 Å². The predicted octanol–water partition coefficient (Wildman–Crippen LogP) is 1.92. The number of carbonyl (C=O) groups excluding carboxylic acids is 1. The van der Waals surface area contributed by atoms with Gasteiger partial charge in [0.2, 0.25) is 0 Å². The summed E-state index contributed by atoms with van der Waals surface area (Å²) >= 11 is 0. The molecule has 0 aliphatic carbocycles. The number of benzene rings is 1. The Hall–Kier alpha value is -2.36. The average molecular weight is 225 g/mol. The van der Waals surface area contributed by atoms with Crippen LogP contribution < -0.4 is 10.2 Å². The van der Waals surface area contributed by atoms with E-state index < -0.39 is 0 Å². The Bertz CT molecular complexity index is 554. The molecule has 0 saturated carbocycles. The van der Waals surface area contributed by atoms with Crippen LogP contribution in [0, 0.1) is 0 Å². The third kappa shape index (κ3) is 1.63. The van der Waals surface area contributed by atoms with Crippen LogP contribution >= 0.6 is 0 Å². The molecule has 4 nitrogen and oxygen atoms in total. The minimum Gasteiger partial charge on any atom is -0.334 e. The third-order valence-corrected chi connectivity index (χ3v) is 2.76. The highest BCUT2D eigenvalue weighted by molar-refractivity contribution is 6.02. The summed E-state index contributed by atoms with van der Waals surface area (Å²) in [5.74, 6) is 0.799. The van der Waals surface area contributed by atoms with Gasteiger partial charge in [-0.05, 0) is 24.3 Å². The zero-order valence-electron chi connectivity index (χ0n) is 9.13. The van der Waals surface area contributed by atoms with Gasteiger partial charge in [-0.25, -0.2) is 4.98 Å². The fraction of sp³-hybridized carbons (Fsp3) is 0.0769. The number of para-hydroxylation sites is 1. The van der Waals surface area contributed by atoms with Crippen molar-refractivity contribution < 1.29 is 4.79 Å². The summed E-state index contributed by atoms with van der Waals surface area (Å²) in [6.07, 6.45) is 1.74. The minimum atomic E-state index is -0.0345. The van der Waals surface area contributed by atoms with Gasteiger partial charge in [0.15, 0.2) is 0 Å². The highest BCUT2D eigenvalue weighted by Gasteiger charge is 2.23. The van der Waals surface area contributed by atoms with Gasteiger partial charge in [-0.15, -0.1) is 0 Å². The number of rotatable bonds is 1. The fourth-order valence-electron chi connectivity index (χ4n) is 1.95. The van der Waals surface area contributed by atoms with Crippen LogP contribution in [0.3, 0.4) is 0 Å². The first-order valence-corrected chi connectivity index (χ1v) is 5.42. The molecule has 1 aliphatic rings. The highest BCUT2D eigenvalue weighted by Crippen LogP contribution is 2.28. The molecule has 1 aromatic heterocycles. The molecule has 0 saturated heterocycles. The van der Waals surface area contributed by atoms with Crippen molar-refractivity contribution in [1.29, 1.82) is 0 Å². The van der Waals surface area contributed by atoms with Gasteiger partial charge in [-0.3, -0.25) is 4.79 Å². The lowest BCUT2D eigenvalue weighted by atomic mass is 10.1. The van der Waals surface area contributed by atoms with Crippen LogP contribution in [0.1, 0.15) is 10.4 Å². The normalized spacial score (nSPS) is 14.1. The summed E-state index contributed by atoms with van der Waals surface area (Å²) in [5.41, 5.74) is 1.58. The van der Waals surface area contributed by atoms with Gasteiger partial charge in [0, 0.05) is 6.20 Å². The lowest BCUT2D eigenvalue weighted by Crippen LogP contribution is -2.41. The molecule has 2 heterocycles. The van der Waals surface area contributed by atoms with E-state index in [9.17, 15) is 4.79 Å². The summed E-state index contributed by atoms with van der Waals surface area (Å²) in [6.45, 7) is 0.451. The van der Waals surface area contributed by atoms with Crippen LogP contribution in [-0.4, -0.2) is 17.6 Å². The Labute approximate surface area is 98.9 Å². The van der Waals surface area contributed by atoms with Crippen molar-refractivity contribution in [3.8, 4) is 0 Å². The largest absolute Gasteiger partial charge is 0.334 e. The quantitative estimate of drug-likeness (QED) is 0.806. The van der Waals surface area contributed by atoms with E-state index in [2.05, 4.69) is 10.3 Å². The van der Waals surface area contributed by atoms with Crippen LogP contribution in [0.2, 0.25) is 0 Å². The number of amides is 1. The van der Waals surface area contributed by atoms with Gasteiger partial charge in [0.05, 0.1) is 17.9 Å². The topological polar surface area (TPSA) is 45.2 Å². The van der Waals surface area contributed by atoms with Crippen molar-refractivity contribution in [1.82, 2.24) is 10.3 Å². The smallest absolute Gasteiger partial charge is 0.254 e. The summed E-state index contributed by atoms with van der Waals surface area (Å²) in [6, 6.07) is 13.3. The van der Waals surface area contributed by atoms with E-state index in [0.29, 0.717) is 12.2 Å². The van der Waals surface area contributed by atoms with Gasteiger partial charge >= 0.3 is 0 Å². The summed E-state index contributed by atoms with van der Waals surface area (Å²) in [5, 5.41) is 2.83. The Morgan fingerprint density at radius 1 is 1.12 bits per heavy atom. The number of nitrogens with one attached hydrogen (secondary N) is 1. The molecular formula is C13H11N3O. The Balaban J connectivity index is 2.10. The van der Waals surface area contributed by atoms with Crippen molar-refractivity contribution >= 4 is 17.4 Å². The molecule has 0 atom stereocenters. The molecule has 0 spiro atoms. The zero-order chi connectivity index (χ0) is 11.7. The number of fused-ring (bicyclic) bond motifs is 1. The zero-order valence-corrected chi connectivity index (χ0v) is 9.13. The number of nitrogens with zero attached hydrogens (tertiary/aromatic N) is 2. The molecule has 2 aromatic rings. The second-order valence-electron chi connectivity index (χ2n) is 3.80. The Morgan fingerprint density at radius 2 is 1.94 bits per heavy atom. The Morgan fingerprint density at radius 3 is 2.76 bits per heavy atom. The standard InChI is InChI=1S/C13H11N3O/c17-13-10-5-1-2-6-11(10)16(9-15-13)12-7-3-4-8-14-12/h1-8H,9H2,(H,15,17). The predicted molar refractivity (Wildman–Crippen MR) is 65.2 cm³/mol. The van der Waals surface area contributed by atoms with Gasteiger partial charge in [0.1, 0.15) is 5.82 Å². The first-order valence-electron chi connectivity index (χ1n) is 5.42. The SMILES string of the molecule is O=C1NCN(c2ccccn2)c2ccccc21. The average Bonchev–Trinajstić information content (AvgIpc) is 2.41. The molecule has 17 heavy (non-hydrogen) atoms. The lowest BCUT2D eigenvalue weighted by molar-refractivity contribution is 0.0949. The van der Waals surface area contributed by atoms with Crippen LogP contribution in [0.25, 0.3) is 0 Å². The fourth-order valence-corrected chi connectivity index (χ4v) is 1.95. The number of aromatic nitrogens is 1. The Kier molecular flexibility index (Phi) is 2.26. The van der Waals surface area contributed by atoms with E-state index >= 15 is 0 Å². The van der Waals surface area contributed by atoms with Gasteiger partial charge in [-0.2, -0.15) is 0 Å². The van der Waals surface area contributed by atoms with E-state index in [1.165, 1.54) is 0 Å². The molecule has 0 unspecified atom stereocenters. The maximum absolute atomic E-state index is 11.7. The maximum Gasteiger partial charge on any atom is 0.254 e. The number of carbonyl (C=O) groups is 1. The minimum absolute atomic E-state index is 0.0345. The maximum atomic E-state index is 11.7. The summed E-state index contributed by atoms with van der Waals surface area (Å²) < 4.78 is 0. The van der Waals surface area contributed by atoms with Crippen LogP contribution in [-0.2, 0) is 0 Å². The molecule has 1 aromatic carbocycles. The van der Waals surface area contributed by atoms with E-state index in [0.717, 1.165) is 11.5 Å². The lowest BCUT2D eigenvalue weighted by Gasteiger charge is -2.30. The van der Waals surface area contributed by atoms with Crippen molar-refractivity contribution in [2.24, 2.45) is 0 Å². The number of pyridine rings is 1. The van der Waals surface area contributed by atoms with E-state index in [1.807, 2.05) is 47.4 Å². The summed E-state index contributed by atoms with van der Waals surface area (Å²) in [7, 11) is 0. The molecule has 3 rings (SSSR count). The van der Waals surface area contributed by atoms with Gasteiger partial charge in [0.25, 0.3) is 5.91 Å². The molecule has 0 radical (unpaired) electrons. The second-order valence-corrected chi connectivity index (χ2v) is 3.80. The van der Waals surface area contributed by atoms with Gasteiger partial charge < -0.3 is 10.2 Å².